The summed E-state index contributed by atoms with van der Waals surface area (Å²) < 4.78 is 0. The number of nitrogens with zero attached hydrogens (tertiary/aromatic N) is 3. The third-order valence-electron chi connectivity index (χ3n) is 2.96. The van der Waals surface area contributed by atoms with Gasteiger partial charge in [-0.1, -0.05) is 19.1 Å². The van der Waals surface area contributed by atoms with E-state index in [1.807, 2.05) is 13.0 Å². The van der Waals surface area contributed by atoms with Crippen LogP contribution < -0.4 is 5.32 Å². The van der Waals surface area contributed by atoms with E-state index < -0.39 is 0 Å². The summed E-state index contributed by atoms with van der Waals surface area (Å²) in [5, 5.41) is 25.8. The third kappa shape index (κ3) is 3.61. The van der Waals surface area contributed by atoms with Crippen LogP contribution in [0.3, 0.4) is 0 Å². The molecule has 1 aromatic carbocycles. The number of carbonyl (C=O) groups excluding carboxylic acids is 1. The molecule has 0 radical (unpaired) electrons. The highest BCUT2D eigenvalue weighted by Gasteiger charge is 2.09. The van der Waals surface area contributed by atoms with Gasteiger partial charge in [0.2, 0.25) is 5.82 Å². The van der Waals surface area contributed by atoms with E-state index in [1.54, 1.807) is 18.2 Å². The number of carbonyl (C=O) groups is 1. The van der Waals surface area contributed by atoms with Gasteiger partial charge in [0, 0.05) is 17.7 Å². The molecule has 2 rings (SSSR count). The predicted octanol–water partition coefficient (Wildman–Crippen LogP) is 0.757. The number of H-pyrrole nitrogens is 1. The van der Waals surface area contributed by atoms with Crippen LogP contribution in [0, 0.1) is 0 Å². The quantitative estimate of drug-likeness (QED) is 0.722. The first-order valence-electron chi connectivity index (χ1n) is 6.51. The Bertz CT molecular complexity index is 556. The third-order valence-corrected chi connectivity index (χ3v) is 2.96. The summed E-state index contributed by atoms with van der Waals surface area (Å²) in [7, 11) is 0. The summed E-state index contributed by atoms with van der Waals surface area (Å²) in [5.74, 6) is 0.264. The first-order chi connectivity index (χ1) is 9.70. The second-order valence-electron chi connectivity index (χ2n) is 4.42. The van der Waals surface area contributed by atoms with Gasteiger partial charge in [0.1, 0.15) is 0 Å². The Kier molecular flexibility index (Phi) is 4.78. The molecule has 0 fully saturated rings. The van der Waals surface area contributed by atoms with Gasteiger partial charge >= 0.3 is 0 Å². The average Bonchev–Trinajstić information content (AvgIpc) is 3.01. The Morgan fingerprint density at radius 2 is 2.35 bits per heavy atom. The van der Waals surface area contributed by atoms with Gasteiger partial charge in [-0.05, 0) is 30.2 Å². The largest absolute Gasteiger partial charge is 0.393 e. The van der Waals surface area contributed by atoms with Gasteiger partial charge in [0.05, 0.1) is 6.10 Å². The molecule has 106 valence electrons. The second kappa shape index (κ2) is 6.76. The molecule has 7 heteroatoms. The van der Waals surface area contributed by atoms with Crippen LogP contribution in [0.15, 0.2) is 24.3 Å². The van der Waals surface area contributed by atoms with E-state index >= 15 is 0 Å². The van der Waals surface area contributed by atoms with Gasteiger partial charge < -0.3 is 10.4 Å². The Morgan fingerprint density at radius 3 is 3.05 bits per heavy atom. The summed E-state index contributed by atoms with van der Waals surface area (Å²) in [6, 6.07) is 7.00. The molecule has 0 aliphatic carbocycles. The molecule has 20 heavy (non-hydrogen) atoms. The Balaban J connectivity index is 1.98. The average molecular weight is 275 g/mol. The predicted molar refractivity (Wildman–Crippen MR) is 72.9 cm³/mol. The summed E-state index contributed by atoms with van der Waals surface area (Å²) in [4.78, 5) is 12.0. The number of aromatic nitrogens is 4. The fraction of sp³-hybridized carbons (Fsp3) is 0.385. The topological polar surface area (TPSA) is 104 Å². The molecular formula is C13H17N5O2. The normalized spacial score (nSPS) is 12.1. The van der Waals surface area contributed by atoms with E-state index in [2.05, 4.69) is 25.9 Å². The van der Waals surface area contributed by atoms with Crippen LogP contribution in [-0.2, 0) is 0 Å². The fourth-order valence-electron chi connectivity index (χ4n) is 1.74. The highest BCUT2D eigenvalue weighted by atomic mass is 16.3. The van der Waals surface area contributed by atoms with Crippen LogP contribution >= 0.6 is 0 Å². The van der Waals surface area contributed by atoms with Gasteiger partial charge in [-0.15, -0.1) is 10.2 Å². The van der Waals surface area contributed by atoms with Crippen LogP contribution in [-0.4, -0.2) is 44.3 Å². The van der Waals surface area contributed by atoms with Crippen molar-refractivity contribution in [2.24, 2.45) is 0 Å². The molecule has 7 nitrogen and oxygen atoms in total. The van der Waals surface area contributed by atoms with E-state index in [0.717, 1.165) is 5.56 Å². The number of rotatable bonds is 6. The van der Waals surface area contributed by atoms with Gasteiger partial charge in [-0.2, -0.15) is 5.21 Å². The highest BCUT2D eigenvalue weighted by molar-refractivity contribution is 5.95. The molecule has 1 aromatic heterocycles. The second-order valence-corrected chi connectivity index (χ2v) is 4.42. The smallest absolute Gasteiger partial charge is 0.251 e. The Labute approximate surface area is 116 Å². The maximum atomic E-state index is 12.0. The molecule has 1 heterocycles. The number of hydrogen-bond donors (Lipinski definition) is 3. The zero-order chi connectivity index (χ0) is 14.4. The Morgan fingerprint density at radius 1 is 1.50 bits per heavy atom. The van der Waals surface area contributed by atoms with Crippen molar-refractivity contribution in [1.29, 1.82) is 0 Å². The lowest BCUT2D eigenvalue weighted by Gasteiger charge is -2.09. The maximum absolute atomic E-state index is 12.0. The monoisotopic (exact) mass is 275 g/mol. The van der Waals surface area contributed by atoms with E-state index in [9.17, 15) is 9.90 Å². The number of benzene rings is 1. The molecule has 1 unspecified atom stereocenters. The fourth-order valence-corrected chi connectivity index (χ4v) is 1.74. The lowest BCUT2D eigenvalue weighted by molar-refractivity contribution is 0.0942. The molecule has 0 saturated heterocycles. The molecule has 1 atom stereocenters. The first kappa shape index (κ1) is 14.1. The van der Waals surface area contributed by atoms with Crippen molar-refractivity contribution in [3.8, 4) is 11.4 Å². The Hall–Kier alpha value is -2.28. The van der Waals surface area contributed by atoms with Gasteiger partial charge in [-0.25, -0.2) is 0 Å². The van der Waals surface area contributed by atoms with E-state index in [0.29, 0.717) is 30.8 Å². The standard InChI is InChI=1S/C13H17N5O2/c1-2-11(19)6-7-14-13(20)10-5-3-4-9(8-10)12-15-17-18-16-12/h3-5,8,11,19H,2,6-7H2,1H3,(H,14,20)(H,15,16,17,18). The molecule has 0 spiro atoms. The number of hydrogen-bond acceptors (Lipinski definition) is 5. The number of aliphatic hydroxyl groups excluding tert-OH is 1. The maximum Gasteiger partial charge on any atom is 0.251 e. The van der Waals surface area contributed by atoms with Crippen molar-refractivity contribution in [3.63, 3.8) is 0 Å². The summed E-state index contributed by atoms with van der Waals surface area (Å²) in [6.07, 6.45) is 0.858. The van der Waals surface area contributed by atoms with E-state index in [4.69, 9.17) is 0 Å². The van der Waals surface area contributed by atoms with E-state index in [-0.39, 0.29) is 12.0 Å². The number of tetrazole rings is 1. The van der Waals surface area contributed by atoms with Crippen LogP contribution in [0.2, 0.25) is 0 Å². The van der Waals surface area contributed by atoms with Crippen LogP contribution in [0.25, 0.3) is 11.4 Å². The van der Waals surface area contributed by atoms with Crippen molar-refractivity contribution in [2.45, 2.75) is 25.9 Å². The molecule has 1 amide bonds. The summed E-state index contributed by atoms with van der Waals surface area (Å²) in [6.45, 7) is 2.35. The lowest BCUT2D eigenvalue weighted by atomic mass is 10.1. The van der Waals surface area contributed by atoms with E-state index in [1.165, 1.54) is 0 Å². The zero-order valence-corrected chi connectivity index (χ0v) is 11.2. The zero-order valence-electron chi connectivity index (χ0n) is 11.2. The van der Waals surface area contributed by atoms with Crippen molar-refractivity contribution < 1.29 is 9.90 Å². The minimum atomic E-state index is -0.374. The number of aromatic amines is 1. The van der Waals surface area contributed by atoms with Crippen molar-refractivity contribution in [2.75, 3.05) is 6.54 Å². The van der Waals surface area contributed by atoms with Crippen molar-refractivity contribution in [3.05, 3.63) is 29.8 Å². The highest BCUT2D eigenvalue weighted by Crippen LogP contribution is 2.14. The molecule has 0 aliphatic rings. The number of aliphatic hydroxyl groups is 1. The van der Waals surface area contributed by atoms with Gasteiger partial charge in [-0.3, -0.25) is 4.79 Å². The first-order valence-corrected chi connectivity index (χ1v) is 6.51. The molecule has 0 saturated carbocycles. The molecular weight excluding hydrogens is 258 g/mol. The summed E-state index contributed by atoms with van der Waals surface area (Å²) >= 11 is 0. The minimum absolute atomic E-state index is 0.182. The van der Waals surface area contributed by atoms with Gasteiger partial charge in [0.25, 0.3) is 5.91 Å². The SMILES string of the molecule is CCC(O)CCNC(=O)c1cccc(-c2nn[nH]n2)c1. The van der Waals surface area contributed by atoms with Crippen molar-refractivity contribution >= 4 is 5.91 Å². The number of nitrogens with one attached hydrogen (secondary N) is 2. The molecule has 0 aliphatic heterocycles. The lowest BCUT2D eigenvalue weighted by Crippen LogP contribution is -2.27. The minimum Gasteiger partial charge on any atom is -0.393 e. The molecule has 0 bridgehead atoms. The molecule has 3 N–H and O–H groups in total. The number of amides is 1. The van der Waals surface area contributed by atoms with Crippen LogP contribution in [0.5, 0.6) is 0 Å². The van der Waals surface area contributed by atoms with Crippen molar-refractivity contribution in [1.82, 2.24) is 25.9 Å². The van der Waals surface area contributed by atoms with Gasteiger partial charge in [0.15, 0.2) is 0 Å². The van der Waals surface area contributed by atoms with Crippen LogP contribution in [0.4, 0.5) is 0 Å². The van der Waals surface area contributed by atoms with Crippen LogP contribution in [0.1, 0.15) is 30.1 Å². The summed E-state index contributed by atoms with van der Waals surface area (Å²) in [5.41, 5.74) is 1.25. The molecule has 2 aromatic rings.